The second-order valence-electron chi connectivity index (χ2n) is 7.22. The Bertz CT molecular complexity index is 1000. The summed E-state index contributed by atoms with van der Waals surface area (Å²) >= 11 is 0. The van der Waals surface area contributed by atoms with Gasteiger partial charge >= 0.3 is 6.03 Å². The molecule has 2 heterocycles. The largest absolute Gasteiger partial charge is 0.497 e. The molecule has 0 saturated carbocycles. The average Bonchev–Trinajstić information content (AvgIpc) is 3.49. The number of benzene rings is 2. The molecule has 1 saturated heterocycles. The van der Waals surface area contributed by atoms with E-state index in [1.54, 1.807) is 26.7 Å². The molecule has 0 bridgehead atoms. The molecule has 7 nitrogen and oxygen atoms in total. The van der Waals surface area contributed by atoms with Gasteiger partial charge in [-0.1, -0.05) is 18.2 Å². The molecule has 0 radical (unpaired) electrons. The highest BCUT2D eigenvalue weighted by Crippen LogP contribution is 2.38. The van der Waals surface area contributed by atoms with E-state index in [1.165, 1.54) is 0 Å². The van der Waals surface area contributed by atoms with E-state index in [-0.39, 0.29) is 12.1 Å². The van der Waals surface area contributed by atoms with Crippen molar-refractivity contribution in [2.75, 3.05) is 20.8 Å². The number of para-hydroxylation sites is 1. The van der Waals surface area contributed by atoms with Gasteiger partial charge in [-0.15, -0.1) is 0 Å². The number of carbonyl (C=O) groups excluding carboxylic acids is 1. The van der Waals surface area contributed by atoms with Crippen molar-refractivity contribution in [1.29, 1.82) is 0 Å². The Kier molecular flexibility index (Phi) is 5.88. The van der Waals surface area contributed by atoms with Gasteiger partial charge in [0.1, 0.15) is 11.5 Å². The number of hydrogen-bond donors (Lipinski definition) is 1. The smallest absolute Gasteiger partial charge is 0.318 e. The monoisotopic (exact) mass is 406 g/mol. The molecule has 0 aliphatic carbocycles. The second kappa shape index (κ2) is 8.90. The number of aromatic nitrogens is 2. The Hall–Kier alpha value is -3.48. The number of rotatable bonds is 6. The van der Waals surface area contributed by atoms with Crippen LogP contribution in [0, 0.1) is 0 Å². The first kappa shape index (κ1) is 19.8. The lowest BCUT2D eigenvalue weighted by Gasteiger charge is -2.27. The van der Waals surface area contributed by atoms with Gasteiger partial charge in [0.25, 0.3) is 0 Å². The highest BCUT2D eigenvalue weighted by atomic mass is 16.5. The van der Waals surface area contributed by atoms with Crippen molar-refractivity contribution in [3.8, 4) is 17.2 Å². The number of methoxy groups -OCH3 is 2. The summed E-state index contributed by atoms with van der Waals surface area (Å²) in [5.74, 6) is 1.53. The predicted octanol–water partition coefficient (Wildman–Crippen LogP) is 3.94. The summed E-state index contributed by atoms with van der Waals surface area (Å²) in [4.78, 5) is 19.1. The number of ether oxygens (including phenoxy) is 2. The Morgan fingerprint density at radius 1 is 1.20 bits per heavy atom. The fourth-order valence-electron chi connectivity index (χ4n) is 4.02. The number of likely N-dealkylation sites (tertiary alicyclic amines) is 1. The van der Waals surface area contributed by atoms with E-state index < -0.39 is 0 Å². The summed E-state index contributed by atoms with van der Waals surface area (Å²) in [6, 6.07) is 13.6. The van der Waals surface area contributed by atoms with Crippen molar-refractivity contribution in [3.05, 3.63) is 72.3 Å². The Balaban J connectivity index is 1.51. The number of imidazole rings is 1. The standard InChI is InChI=1S/C23H26N4O3/c1-29-18-9-10-22(30-2)19(14-18)21-8-5-12-27(21)23(28)25-15-17-6-3-4-7-20(17)26-13-11-24-16-26/h3-4,6-7,9-11,13-14,16,21H,5,8,12,15H2,1-2H3,(H,25,28). The third-order valence-electron chi connectivity index (χ3n) is 5.51. The maximum atomic E-state index is 13.1. The van der Waals surface area contributed by atoms with Crippen molar-refractivity contribution in [2.24, 2.45) is 0 Å². The average molecular weight is 406 g/mol. The first-order chi connectivity index (χ1) is 14.7. The van der Waals surface area contributed by atoms with E-state index >= 15 is 0 Å². The summed E-state index contributed by atoms with van der Waals surface area (Å²) in [5.41, 5.74) is 3.00. The molecule has 2 aromatic carbocycles. The number of urea groups is 1. The Morgan fingerprint density at radius 2 is 2.07 bits per heavy atom. The highest BCUT2D eigenvalue weighted by molar-refractivity contribution is 5.75. The van der Waals surface area contributed by atoms with Crippen LogP contribution in [0.3, 0.4) is 0 Å². The summed E-state index contributed by atoms with van der Waals surface area (Å²) in [6.45, 7) is 1.14. The summed E-state index contributed by atoms with van der Waals surface area (Å²) in [6.07, 6.45) is 7.23. The van der Waals surface area contributed by atoms with Gasteiger partial charge in [-0.05, 0) is 42.7 Å². The Labute approximate surface area is 176 Å². The third kappa shape index (κ3) is 3.96. The van der Waals surface area contributed by atoms with E-state index in [1.807, 2.05) is 58.1 Å². The van der Waals surface area contributed by atoms with Crippen molar-refractivity contribution in [2.45, 2.75) is 25.4 Å². The van der Waals surface area contributed by atoms with Crippen LogP contribution in [0.4, 0.5) is 4.79 Å². The van der Waals surface area contributed by atoms with E-state index in [0.717, 1.165) is 41.2 Å². The molecule has 156 valence electrons. The quantitative estimate of drug-likeness (QED) is 0.673. The fourth-order valence-corrected chi connectivity index (χ4v) is 4.02. The van der Waals surface area contributed by atoms with Gasteiger partial charge in [0.15, 0.2) is 0 Å². The van der Waals surface area contributed by atoms with Gasteiger partial charge in [0.2, 0.25) is 0 Å². The summed E-state index contributed by atoms with van der Waals surface area (Å²) < 4.78 is 12.9. The number of hydrogen-bond acceptors (Lipinski definition) is 4. The zero-order valence-corrected chi connectivity index (χ0v) is 17.2. The van der Waals surface area contributed by atoms with E-state index in [0.29, 0.717) is 13.1 Å². The first-order valence-electron chi connectivity index (χ1n) is 10.0. The molecular formula is C23H26N4O3. The maximum absolute atomic E-state index is 13.1. The van der Waals surface area contributed by atoms with Crippen molar-refractivity contribution in [1.82, 2.24) is 19.8 Å². The first-order valence-corrected chi connectivity index (χ1v) is 10.0. The van der Waals surface area contributed by atoms with E-state index in [9.17, 15) is 4.79 Å². The maximum Gasteiger partial charge on any atom is 0.318 e. The molecule has 1 fully saturated rings. The minimum atomic E-state index is -0.0807. The van der Waals surface area contributed by atoms with Gasteiger partial charge in [-0.25, -0.2) is 9.78 Å². The normalized spacial score (nSPS) is 15.8. The number of nitrogens with zero attached hydrogens (tertiary/aromatic N) is 3. The highest BCUT2D eigenvalue weighted by Gasteiger charge is 2.32. The van der Waals surface area contributed by atoms with Gasteiger partial charge in [-0.2, -0.15) is 0 Å². The molecule has 2 amide bonds. The molecule has 3 aromatic rings. The van der Waals surface area contributed by atoms with Crippen LogP contribution < -0.4 is 14.8 Å². The van der Waals surface area contributed by atoms with E-state index in [4.69, 9.17) is 9.47 Å². The van der Waals surface area contributed by atoms with Gasteiger partial charge < -0.3 is 24.3 Å². The minimum Gasteiger partial charge on any atom is -0.497 e. The topological polar surface area (TPSA) is 68.6 Å². The molecular weight excluding hydrogens is 380 g/mol. The Morgan fingerprint density at radius 3 is 2.83 bits per heavy atom. The van der Waals surface area contributed by atoms with Crippen LogP contribution in [0.1, 0.15) is 30.0 Å². The van der Waals surface area contributed by atoms with Crippen molar-refractivity contribution < 1.29 is 14.3 Å². The van der Waals surface area contributed by atoms with Crippen LogP contribution in [0.25, 0.3) is 5.69 Å². The minimum absolute atomic E-state index is 0.0426. The molecule has 7 heteroatoms. The number of nitrogens with one attached hydrogen (secondary N) is 1. The SMILES string of the molecule is COc1ccc(OC)c(C2CCCN2C(=O)NCc2ccccc2-n2ccnc2)c1. The summed E-state index contributed by atoms with van der Waals surface area (Å²) in [7, 11) is 3.29. The number of amides is 2. The molecule has 4 rings (SSSR count). The van der Waals surface area contributed by atoms with Gasteiger partial charge in [-0.3, -0.25) is 0 Å². The fraction of sp³-hybridized carbons (Fsp3) is 0.304. The van der Waals surface area contributed by atoms with Crippen LogP contribution in [-0.4, -0.2) is 41.2 Å². The van der Waals surface area contributed by atoms with Crippen LogP contribution in [0.5, 0.6) is 11.5 Å². The zero-order chi connectivity index (χ0) is 20.9. The molecule has 1 aliphatic rings. The van der Waals surface area contributed by atoms with E-state index in [2.05, 4.69) is 10.3 Å². The van der Waals surface area contributed by atoms with Gasteiger partial charge in [0.05, 0.1) is 32.3 Å². The predicted molar refractivity (Wildman–Crippen MR) is 114 cm³/mol. The lowest BCUT2D eigenvalue weighted by Crippen LogP contribution is -2.39. The molecule has 1 aliphatic heterocycles. The molecule has 30 heavy (non-hydrogen) atoms. The molecule has 1 atom stereocenters. The lowest BCUT2D eigenvalue weighted by molar-refractivity contribution is 0.191. The van der Waals surface area contributed by atoms with Crippen LogP contribution in [-0.2, 0) is 6.54 Å². The molecule has 1 unspecified atom stereocenters. The summed E-state index contributed by atoms with van der Waals surface area (Å²) in [5, 5.41) is 3.09. The van der Waals surface area contributed by atoms with Crippen LogP contribution in [0.2, 0.25) is 0 Å². The van der Waals surface area contributed by atoms with Crippen molar-refractivity contribution >= 4 is 6.03 Å². The third-order valence-corrected chi connectivity index (χ3v) is 5.51. The van der Waals surface area contributed by atoms with Crippen LogP contribution >= 0.6 is 0 Å². The van der Waals surface area contributed by atoms with Crippen LogP contribution in [0.15, 0.2) is 61.2 Å². The molecule has 1 N–H and O–H groups in total. The second-order valence-corrected chi connectivity index (χ2v) is 7.22. The molecule has 1 aromatic heterocycles. The molecule has 0 spiro atoms. The van der Waals surface area contributed by atoms with Crippen molar-refractivity contribution in [3.63, 3.8) is 0 Å². The van der Waals surface area contributed by atoms with Gasteiger partial charge in [0, 0.05) is 31.0 Å². The lowest BCUT2D eigenvalue weighted by atomic mass is 10.0. The number of carbonyl (C=O) groups is 1. The zero-order valence-electron chi connectivity index (χ0n) is 17.2.